The summed E-state index contributed by atoms with van der Waals surface area (Å²) in [6.07, 6.45) is 0.274. The standard InChI is InChI=1S/C12H11ClN2OS/c1-7-15-9(6-17-7)5-12(16)10-3-2-8(13)4-11(10)14/h2-4,6H,5,14H2,1H3. The highest BCUT2D eigenvalue weighted by atomic mass is 35.5. The van der Waals surface area contributed by atoms with Crippen LogP contribution in [0.5, 0.6) is 0 Å². The summed E-state index contributed by atoms with van der Waals surface area (Å²) in [6, 6.07) is 4.90. The normalized spacial score (nSPS) is 10.5. The summed E-state index contributed by atoms with van der Waals surface area (Å²) < 4.78 is 0. The fraction of sp³-hybridized carbons (Fsp3) is 0.167. The fourth-order valence-electron chi connectivity index (χ4n) is 1.54. The highest BCUT2D eigenvalue weighted by molar-refractivity contribution is 7.09. The minimum absolute atomic E-state index is 0.0375. The summed E-state index contributed by atoms with van der Waals surface area (Å²) in [4.78, 5) is 16.3. The van der Waals surface area contributed by atoms with Crippen molar-refractivity contribution in [2.45, 2.75) is 13.3 Å². The zero-order valence-corrected chi connectivity index (χ0v) is 10.8. The number of hydrogen-bond donors (Lipinski definition) is 1. The molecule has 0 unspecified atom stereocenters. The third kappa shape index (κ3) is 2.84. The van der Waals surface area contributed by atoms with Gasteiger partial charge in [0.25, 0.3) is 0 Å². The molecule has 0 fully saturated rings. The van der Waals surface area contributed by atoms with Crippen LogP contribution < -0.4 is 5.73 Å². The van der Waals surface area contributed by atoms with Crippen molar-refractivity contribution in [3.05, 3.63) is 44.9 Å². The molecule has 0 saturated heterocycles. The Labute approximate surface area is 108 Å². The molecular weight excluding hydrogens is 256 g/mol. The molecule has 0 aliphatic rings. The van der Waals surface area contributed by atoms with Gasteiger partial charge in [-0.2, -0.15) is 0 Å². The average Bonchev–Trinajstić information content (AvgIpc) is 2.63. The summed E-state index contributed by atoms with van der Waals surface area (Å²) >= 11 is 7.32. The first-order valence-electron chi connectivity index (χ1n) is 5.05. The molecule has 2 N–H and O–H groups in total. The topological polar surface area (TPSA) is 56.0 Å². The summed E-state index contributed by atoms with van der Waals surface area (Å²) in [7, 11) is 0. The number of nitrogen functional groups attached to an aromatic ring is 1. The van der Waals surface area contributed by atoms with Crippen molar-refractivity contribution in [1.29, 1.82) is 0 Å². The maximum absolute atomic E-state index is 12.0. The zero-order valence-electron chi connectivity index (χ0n) is 9.24. The Morgan fingerprint density at radius 3 is 2.88 bits per heavy atom. The summed E-state index contributed by atoms with van der Waals surface area (Å²) in [5.41, 5.74) is 7.45. The number of carbonyl (C=O) groups excluding carboxylic acids is 1. The van der Waals surface area contributed by atoms with E-state index in [2.05, 4.69) is 4.98 Å². The number of ketones is 1. The van der Waals surface area contributed by atoms with Gasteiger partial charge >= 0.3 is 0 Å². The lowest BCUT2D eigenvalue weighted by atomic mass is 10.1. The molecule has 17 heavy (non-hydrogen) atoms. The van der Waals surface area contributed by atoms with Crippen LogP contribution in [0.2, 0.25) is 5.02 Å². The van der Waals surface area contributed by atoms with Crippen LogP contribution in [-0.2, 0) is 6.42 Å². The Hall–Kier alpha value is -1.39. The van der Waals surface area contributed by atoms with Crippen molar-refractivity contribution in [2.75, 3.05) is 5.73 Å². The second-order valence-electron chi connectivity index (χ2n) is 3.69. The van der Waals surface area contributed by atoms with E-state index >= 15 is 0 Å². The van der Waals surface area contributed by atoms with Crippen LogP contribution in [0.3, 0.4) is 0 Å². The zero-order chi connectivity index (χ0) is 12.4. The van der Waals surface area contributed by atoms with Crippen LogP contribution in [0.25, 0.3) is 0 Å². The van der Waals surface area contributed by atoms with Gasteiger partial charge in [-0.1, -0.05) is 11.6 Å². The van der Waals surface area contributed by atoms with Crippen LogP contribution in [0.4, 0.5) is 5.69 Å². The summed E-state index contributed by atoms with van der Waals surface area (Å²) in [5, 5.41) is 3.37. The van der Waals surface area contributed by atoms with E-state index in [0.717, 1.165) is 10.7 Å². The molecule has 0 saturated carbocycles. The van der Waals surface area contributed by atoms with Crippen LogP contribution in [0.15, 0.2) is 23.6 Å². The van der Waals surface area contributed by atoms with Gasteiger partial charge in [-0.05, 0) is 25.1 Å². The van der Waals surface area contributed by atoms with Crippen molar-refractivity contribution in [3.8, 4) is 0 Å². The molecule has 2 aromatic rings. The molecule has 0 spiro atoms. The number of hydrogen-bond acceptors (Lipinski definition) is 4. The Balaban J connectivity index is 2.20. The number of aromatic nitrogens is 1. The Morgan fingerprint density at radius 1 is 1.53 bits per heavy atom. The fourth-order valence-corrected chi connectivity index (χ4v) is 2.33. The van der Waals surface area contributed by atoms with E-state index in [4.69, 9.17) is 17.3 Å². The number of nitrogens with two attached hydrogens (primary N) is 1. The molecule has 0 radical (unpaired) electrons. The second-order valence-corrected chi connectivity index (χ2v) is 5.19. The third-order valence-corrected chi connectivity index (χ3v) is 3.38. The number of Topliss-reactive ketones (excluding diaryl/α,β-unsaturated/α-hetero) is 1. The molecule has 0 atom stereocenters. The average molecular weight is 267 g/mol. The lowest BCUT2D eigenvalue weighted by Gasteiger charge is -2.03. The van der Waals surface area contributed by atoms with E-state index in [9.17, 15) is 4.79 Å². The number of carbonyl (C=O) groups is 1. The van der Waals surface area contributed by atoms with E-state index in [1.165, 1.54) is 11.3 Å². The number of halogens is 1. The molecule has 5 heteroatoms. The molecular formula is C12H11ClN2OS. The molecule has 1 heterocycles. The SMILES string of the molecule is Cc1nc(CC(=O)c2ccc(Cl)cc2N)cs1. The van der Waals surface area contributed by atoms with Crippen LogP contribution in [-0.4, -0.2) is 10.8 Å². The number of benzene rings is 1. The van der Waals surface area contributed by atoms with E-state index in [-0.39, 0.29) is 12.2 Å². The summed E-state index contributed by atoms with van der Waals surface area (Å²) in [5.74, 6) is -0.0375. The molecule has 2 rings (SSSR count). The maximum Gasteiger partial charge on any atom is 0.170 e. The van der Waals surface area contributed by atoms with Gasteiger partial charge in [-0.25, -0.2) is 4.98 Å². The summed E-state index contributed by atoms with van der Waals surface area (Å²) in [6.45, 7) is 1.91. The van der Waals surface area contributed by atoms with Gasteiger partial charge in [0.1, 0.15) is 0 Å². The quantitative estimate of drug-likeness (QED) is 0.686. The van der Waals surface area contributed by atoms with Crippen molar-refractivity contribution in [3.63, 3.8) is 0 Å². The molecule has 0 amide bonds. The highest BCUT2D eigenvalue weighted by Gasteiger charge is 2.12. The van der Waals surface area contributed by atoms with Gasteiger partial charge in [-0.3, -0.25) is 4.79 Å². The van der Waals surface area contributed by atoms with Crippen LogP contribution >= 0.6 is 22.9 Å². The molecule has 0 aliphatic heterocycles. The molecule has 1 aromatic heterocycles. The smallest absolute Gasteiger partial charge is 0.170 e. The monoisotopic (exact) mass is 266 g/mol. The number of nitrogens with zero attached hydrogens (tertiary/aromatic N) is 1. The molecule has 88 valence electrons. The van der Waals surface area contributed by atoms with Crippen LogP contribution in [0.1, 0.15) is 21.1 Å². The van der Waals surface area contributed by atoms with Gasteiger partial charge < -0.3 is 5.73 Å². The first-order chi connectivity index (χ1) is 8.06. The minimum Gasteiger partial charge on any atom is -0.398 e. The predicted octanol–water partition coefficient (Wildman–Crippen LogP) is 3.11. The Bertz CT molecular complexity index is 565. The second kappa shape index (κ2) is 4.85. The van der Waals surface area contributed by atoms with Crippen molar-refractivity contribution < 1.29 is 4.79 Å². The largest absolute Gasteiger partial charge is 0.398 e. The van der Waals surface area contributed by atoms with Gasteiger partial charge in [0.2, 0.25) is 0 Å². The third-order valence-electron chi connectivity index (χ3n) is 2.32. The first-order valence-corrected chi connectivity index (χ1v) is 6.31. The lowest BCUT2D eigenvalue weighted by Crippen LogP contribution is -2.07. The van der Waals surface area contributed by atoms with E-state index in [1.807, 2.05) is 12.3 Å². The highest BCUT2D eigenvalue weighted by Crippen LogP contribution is 2.20. The number of thiazole rings is 1. The van der Waals surface area contributed by atoms with E-state index in [0.29, 0.717) is 16.3 Å². The molecule has 0 aliphatic carbocycles. The van der Waals surface area contributed by atoms with E-state index < -0.39 is 0 Å². The van der Waals surface area contributed by atoms with Gasteiger partial charge in [0.05, 0.1) is 17.1 Å². The maximum atomic E-state index is 12.0. The minimum atomic E-state index is -0.0375. The molecule has 1 aromatic carbocycles. The number of anilines is 1. The van der Waals surface area contributed by atoms with Gasteiger partial charge in [0.15, 0.2) is 5.78 Å². The van der Waals surface area contributed by atoms with Crippen molar-refractivity contribution in [1.82, 2.24) is 4.98 Å². The Morgan fingerprint density at radius 2 is 2.29 bits per heavy atom. The first kappa shape index (κ1) is 12.1. The Kier molecular flexibility index (Phi) is 3.45. The van der Waals surface area contributed by atoms with Gasteiger partial charge in [0, 0.05) is 21.7 Å². The van der Waals surface area contributed by atoms with Crippen molar-refractivity contribution in [2.24, 2.45) is 0 Å². The molecule has 0 bridgehead atoms. The predicted molar refractivity (Wildman–Crippen MR) is 70.7 cm³/mol. The number of aryl methyl sites for hydroxylation is 1. The number of rotatable bonds is 3. The van der Waals surface area contributed by atoms with E-state index in [1.54, 1.807) is 18.2 Å². The van der Waals surface area contributed by atoms with Crippen LogP contribution in [0, 0.1) is 6.92 Å². The van der Waals surface area contributed by atoms with Crippen molar-refractivity contribution >= 4 is 34.4 Å². The lowest BCUT2D eigenvalue weighted by molar-refractivity contribution is 0.0993. The van der Waals surface area contributed by atoms with Gasteiger partial charge in [-0.15, -0.1) is 11.3 Å². The molecule has 3 nitrogen and oxygen atoms in total.